The molecule has 6 rings (SSSR count). The average molecular weight is 395 g/mol. The summed E-state index contributed by atoms with van der Waals surface area (Å²) in [6.07, 6.45) is 5.16. The Kier molecular flexibility index (Phi) is 3.52. The fourth-order valence-electron chi connectivity index (χ4n) is 5.58. The van der Waals surface area contributed by atoms with E-state index in [1.165, 1.54) is 4.90 Å². The van der Waals surface area contributed by atoms with Crippen molar-refractivity contribution in [2.45, 2.75) is 13.3 Å². The minimum Gasteiger partial charge on any atom is -0.457 e. The number of nitrogens with zero attached hydrogens (tertiary/aromatic N) is 1. The predicted octanol–water partition coefficient (Wildman–Crippen LogP) is 5.33. The van der Waals surface area contributed by atoms with Gasteiger partial charge in [0.15, 0.2) is 0 Å². The van der Waals surface area contributed by atoms with Crippen LogP contribution in [0, 0.1) is 23.2 Å². The molecule has 148 valence electrons. The van der Waals surface area contributed by atoms with Crippen molar-refractivity contribution in [3.63, 3.8) is 0 Å². The van der Waals surface area contributed by atoms with Gasteiger partial charge in [-0.15, -0.1) is 0 Å². The Hall–Kier alpha value is -3.40. The number of benzene rings is 3. The van der Waals surface area contributed by atoms with Gasteiger partial charge in [-0.3, -0.25) is 9.59 Å². The van der Waals surface area contributed by atoms with Crippen LogP contribution in [0.1, 0.15) is 13.3 Å². The van der Waals surface area contributed by atoms with Crippen molar-refractivity contribution in [3.8, 4) is 11.5 Å². The molecule has 0 unspecified atom stereocenters. The fraction of sp³-hybridized carbons (Fsp3) is 0.231. The lowest BCUT2D eigenvalue weighted by molar-refractivity contribution is -0.127. The molecule has 2 aliphatic carbocycles. The number of allylic oxidation sites excluding steroid dienone is 2. The minimum atomic E-state index is -0.600. The van der Waals surface area contributed by atoms with Gasteiger partial charge in [0.25, 0.3) is 0 Å². The number of hydrogen-bond acceptors (Lipinski definition) is 3. The largest absolute Gasteiger partial charge is 0.457 e. The second-order valence-electron chi connectivity index (χ2n) is 8.74. The minimum absolute atomic E-state index is 0.0671. The highest BCUT2D eigenvalue weighted by Crippen LogP contribution is 2.60. The molecular weight excluding hydrogens is 374 g/mol. The normalized spacial score (nSPS) is 29.1. The Labute approximate surface area is 174 Å². The van der Waals surface area contributed by atoms with E-state index in [0.717, 1.165) is 22.9 Å². The van der Waals surface area contributed by atoms with Crippen molar-refractivity contribution >= 4 is 28.3 Å². The Morgan fingerprint density at radius 1 is 0.900 bits per heavy atom. The maximum absolute atomic E-state index is 13.2. The third kappa shape index (κ3) is 2.28. The topological polar surface area (TPSA) is 46.6 Å². The van der Waals surface area contributed by atoms with Crippen LogP contribution in [0.5, 0.6) is 11.5 Å². The van der Waals surface area contributed by atoms with Crippen LogP contribution in [0.4, 0.5) is 5.69 Å². The van der Waals surface area contributed by atoms with E-state index in [1.54, 1.807) is 12.1 Å². The maximum Gasteiger partial charge on any atom is 0.241 e. The first-order valence-corrected chi connectivity index (χ1v) is 10.4. The number of fused-ring (bicyclic) bond motifs is 6. The summed E-state index contributed by atoms with van der Waals surface area (Å²) in [6.45, 7) is 1.96. The molecule has 2 fully saturated rings. The van der Waals surface area contributed by atoms with E-state index in [2.05, 4.69) is 24.3 Å². The lowest BCUT2D eigenvalue weighted by Crippen LogP contribution is -2.37. The van der Waals surface area contributed by atoms with E-state index in [9.17, 15) is 9.59 Å². The number of ether oxygens (including phenoxy) is 1. The summed E-state index contributed by atoms with van der Waals surface area (Å²) >= 11 is 0. The first-order chi connectivity index (χ1) is 14.6. The smallest absolute Gasteiger partial charge is 0.241 e. The molecule has 4 nitrogen and oxygen atoms in total. The lowest BCUT2D eigenvalue weighted by Gasteiger charge is -2.28. The molecule has 0 radical (unpaired) electrons. The van der Waals surface area contributed by atoms with Gasteiger partial charge < -0.3 is 4.74 Å². The number of amides is 2. The van der Waals surface area contributed by atoms with E-state index in [4.69, 9.17) is 4.74 Å². The molecule has 0 N–H and O–H groups in total. The summed E-state index contributed by atoms with van der Waals surface area (Å²) in [5, 5.41) is 2.27. The molecular formula is C26H21NO3. The molecule has 1 aliphatic heterocycles. The molecule has 3 aromatic rings. The SMILES string of the molecule is C[C@@]12C(=O)N(c3ccc(Oc4ccc5ccccc5c4)cc3)C(=O)[C@H]1[C@@H]1C=C[C@@H]2C1. The molecule has 2 amide bonds. The summed E-state index contributed by atoms with van der Waals surface area (Å²) in [4.78, 5) is 27.8. The third-order valence-corrected chi connectivity index (χ3v) is 7.16. The summed E-state index contributed by atoms with van der Waals surface area (Å²) in [6, 6.07) is 21.3. The monoisotopic (exact) mass is 395 g/mol. The summed E-state index contributed by atoms with van der Waals surface area (Å²) in [5.41, 5.74) is 0.0161. The van der Waals surface area contributed by atoms with Gasteiger partial charge in [0, 0.05) is 0 Å². The fourth-order valence-corrected chi connectivity index (χ4v) is 5.58. The molecule has 2 bridgehead atoms. The first kappa shape index (κ1) is 17.5. The summed E-state index contributed by atoms with van der Waals surface area (Å²) < 4.78 is 6.00. The zero-order chi connectivity index (χ0) is 20.5. The Morgan fingerprint density at radius 2 is 1.63 bits per heavy atom. The predicted molar refractivity (Wildman–Crippen MR) is 115 cm³/mol. The van der Waals surface area contributed by atoms with E-state index in [0.29, 0.717) is 11.4 Å². The summed E-state index contributed by atoms with van der Waals surface area (Å²) in [5.74, 6) is 1.41. The van der Waals surface area contributed by atoms with Crippen molar-refractivity contribution in [1.82, 2.24) is 0 Å². The number of imide groups is 1. The number of carbonyl (C=O) groups excluding carboxylic acids is 2. The van der Waals surface area contributed by atoms with Crippen molar-refractivity contribution in [2.75, 3.05) is 4.90 Å². The van der Waals surface area contributed by atoms with Crippen molar-refractivity contribution in [1.29, 1.82) is 0 Å². The first-order valence-electron chi connectivity index (χ1n) is 10.4. The van der Waals surface area contributed by atoms with Crippen LogP contribution in [0.25, 0.3) is 10.8 Å². The quantitative estimate of drug-likeness (QED) is 0.445. The molecule has 3 aliphatic rings. The van der Waals surface area contributed by atoms with Crippen LogP contribution < -0.4 is 9.64 Å². The summed E-state index contributed by atoms with van der Waals surface area (Å²) in [7, 11) is 0. The van der Waals surface area contributed by atoms with Crippen molar-refractivity contribution in [2.24, 2.45) is 23.2 Å². The Morgan fingerprint density at radius 3 is 2.40 bits per heavy atom. The number of carbonyl (C=O) groups is 2. The van der Waals surface area contributed by atoms with Crippen molar-refractivity contribution in [3.05, 3.63) is 78.9 Å². The van der Waals surface area contributed by atoms with Crippen molar-refractivity contribution < 1.29 is 14.3 Å². The molecule has 1 saturated carbocycles. The van der Waals surface area contributed by atoms with Crippen LogP contribution in [-0.2, 0) is 9.59 Å². The molecule has 1 saturated heterocycles. The van der Waals surface area contributed by atoms with Gasteiger partial charge in [0.2, 0.25) is 11.8 Å². The number of rotatable bonds is 3. The van der Waals surface area contributed by atoms with E-state index < -0.39 is 5.41 Å². The Bertz CT molecular complexity index is 1230. The zero-order valence-corrected chi connectivity index (χ0v) is 16.6. The molecule has 3 aromatic carbocycles. The van der Waals surface area contributed by atoms with Crippen LogP contribution >= 0.6 is 0 Å². The lowest BCUT2D eigenvalue weighted by atomic mass is 9.71. The maximum atomic E-state index is 13.2. The highest BCUT2D eigenvalue weighted by molar-refractivity contribution is 6.24. The zero-order valence-electron chi connectivity index (χ0n) is 16.6. The number of anilines is 1. The highest BCUT2D eigenvalue weighted by atomic mass is 16.5. The molecule has 4 heteroatoms. The van der Waals surface area contributed by atoms with E-state index >= 15 is 0 Å². The standard InChI is InChI=1S/C26H21NO3/c1-26-19-8-6-18(14-19)23(26)24(28)27(25(26)29)20-9-12-21(13-10-20)30-22-11-7-16-4-2-3-5-17(16)15-22/h2-13,15,18-19,23H,14H2,1H3/t18-,19-,23-,26+/m1/s1. The van der Waals surface area contributed by atoms with E-state index in [1.807, 2.05) is 49.4 Å². The van der Waals surface area contributed by atoms with Gasteiger partial charge in [-0.2, -0.15) is 0 Å². The van der Waals surface area contributed by atoms with Gasteiger partial charge in [0.1, 0.15) is 11.5 Å². The molecule has 4 atom stereocenters. The number of hydrogen-bond donors (Lipinski definition) is 0. The molecule has 30 heavy (non-hydrogen) atoms. The Balaban J connectivity index is 1.26. The highest BCUT2D eigenvalue weighted by Gasteiger charge is 2.67. The average Bonchev–Trinajstić information content (AvgIpc) is 3.40. The second kappa shape index (κ2) is 6.05. The molecule has 0 aromatic heterocycles. The van der Waals surface area contributed by atoms with Gasteiger partial charge >= 0.3 is 0 Å². The second-order valence-corrected chi connectivity index (χ2v) is 8.74. The van der Waals surface area contributed by atoms with Crippen LogP contribution in [0.3, 0.4) is 0 Å². The van der Waals surface area contributed by atoms with Gasteiger partial charge in [-0.05, 0) is 72.4 Å². The molecule has 1 heterocycles. The van der Waals surface area contributed by atoms with E-state index in [-0.39, 0.29) is 29.6 Å². The van der Waals surface area contributed by atoms with Gasteiger partial charge in [-0.25, -0.2) is 4.90 Å². The molecule has 0 spiro atoms. The van der Waals surface area contributed by atoms with Crippen LogP contribution in [-0.4, -0.2) is 11.8 Å². The van der Waals surface area contributed by atoms with Gasteiger partial charge in [-0.1, -0.05) is 42.5 Å². The van der Waals surface area contributed by atoms with Gasteiger partial charge in [0.05, 0.1) is 17.0 Å². The van der Waals surface area contributed by atoms with Crippen LogP contribution in [0.2, 0.25) is 0 Å². The third-order valence-electron chi connectivity index (χ3n) is 7.16. The van der Waals surface area contributed by atoms with Crippen LogP contribution in [0.15, 0.2) is 78.9 Å².